The van der Waals surface area contributed by atoms with Crippen molar-refractivity contribution in [2.45, 2.75) is 51.9 Å². The number of carboxylic acid groups (broad SMARTS) is 1. The zero-order chi connectivity index (χ0) is 20.9. The molecule has 2 saturated carbocycles. The molecule has 8 atom stereocenters. The summed E-state index contributed by atoms with van der Waals surface area (Å²) in [5.41, 5.74) is 2.99. The molecule has 2 N–H and O–H groups in total. The summed E-state index contributed by atoms with van der Waals surface area (Å²) in [6.07, 6.45) is 18.2. The number of hydrogen-bond donors (Lipinski definition) is 2. The topological polar surface area (TPSA) is 58.6 Å². The Balaban J connectivity index is 1.46. The summed E-state index contributed by atoms with van der Waals surface area (Å²) >= 11 is 0. The van der Waals surface area contributed by atoms with Gasteiger partial charge in [0.2, 0.25) is 0 Å². The first kappa shape index (κ1) is 20.0. The van der Waals surface area contributed by atoms with Crippen LogP contribution in [-0.4, -0.2) is 17.8 Å². The SMILES string of the molecule is C=C1NCCC1[C@H]1C[C@H]2[C@@H]3CC=C4C=CCC[C@@H]4[C@H]3CC[C@]2(C)[C@@H]1/C=C\OC(=O)O. The second-order valence-corrected chi connectivity index (χ2v) is 10.5. The summed E-state index contributed by atoms with van der Waals surface area (Å²) in [5, 5.41) is 12.4. The predicted octanol–water partition coefficient (Wildman–Crippen LogP) is 5.90. The van der Waals surface area contributed by atoms with Gasteiger partial charge >= 0.3 is 6.16 Å². The zero-order valence-electron chi connectivity index (χ0n) is 18.1. The van der Waals surface area contributed by atoms with Crippen LogP contribution in [0.5, 0.6) is 0 Å². The molecule has 0 spiro atoms. The van der Waals surface area contributed by atoms with E-state index in [0.29, 0.717) is 23.7 Å². The van der Waals surface area contributed by atoms with Gasteiger partial charge in [0.25, 0.3) is 0 Å². The van der Waals surface area contributed by atoms with Crippen molar-refractivity contribution < 1.29 is 14.6 Å². The number of ether oxygens (including phenoxy) is 1. The lowest BCUT2D eigenvalue weighted by Crippen LogP contribution is -2.45. The second-order valence-electron chi connectivity index (χ2n) is 10.5. The van der Waals surface area contributed by atoms with Crippen molar-refractivity contribution in [2.75, 3.05) is 6.54 Å². The number of hydrogen-bond acceptors (Lipinski definition) is 3. The fraction of sp³-hybridized carbons (Fsp3) is 0.654. The fourth-order valence-corrected chi connectivity index (χ4v) is 8.15. The molecule has 1 aliphatic heterocycles. The smallest absolute Gasteiger partial charge is 0.449 e. The highest BCUT2D eigenvalue weighted by atomic mass is 16.7. The largest absolute Gasteiger partial charge is 0.510 e. The molecule has 0 bridgehead atoms. The highest BCUT2D eigenvalue weighted by Crippen LogP contribution is 2.66. The van der Waals surface area contributed by atoms with Crippen molar-refractivity contribution in [3.05, 3.63) is 48.4 Å². The number of nitrogens with one attached hydrogen (secondary N) is 1. The third-order valence-electron chi connectivity index (χ3n) is 9.43. The van der Waals surface area contributed by atoms with E-state index in [1.54, 1.807) is 5.57 Å². The average molecular weight is 410 g/mol. The van der Waals surface area contributed by atoms with Crippen LogP contribution in [0.15, 0.2) is 48.4 Å². The lowest BCUT2D eigenvalue weighted by atomic mass is 9.52. The van der Waals surface area contributed by atoms with Gasteiger partial charge in [-0.05, 0) is 97.5 Å². The van der Waals surface area contributed by atoms with E-state index in [9.17, 15) is 4.79 Å². The molecule has 0 aromatic heterocycles. The van der Waals surface area contributed by atoms with Crippen LogP contribution >= 0.6 is 0 Å². The third kappa shape index (κ3) is 3.14. The first-order valence-electron chi connectivity index (χ1n) is 11.8. The van der Waals surface area contributed by atoms with Gasteiger partial charge in [-0.3, -0.25) is 0 Å². The molecule has 0 radical (unpaired) electrons. The summed E-state index contributed by atoms with van der Waals surface area (Å²) in [6, 6.07) is 0. The van der Waals surface area contributed by atoms with Gasteiger partial charge in [0.15, 0.2) is 0 Å². The Morgan fingerprint density at radius 1 is 1.27 bits per heavy atom. The molecule has 5 rings (SSSR count). The van der Waals surface area contributed by atoms with Crippen molar-refractivity contribution in [1.29, 1.82) is 0 Å². The van der Waals surface area contributed by atoms with Crippen molar-refractivity contribution in [3.63, 3.8) is 0 Å². The van der Waals surface area contributed by atoms with Crippen LogP contribution < -0.4 is 5.32 Å². The molecule has 5 aliphatic rings. The monoisotopic (exact) mass is 409 g/mol. The van der Waals surface area contributed by atoms with Crippen LogP contribution in [0, 0.1) is 46.8 Å². The van der Waals surface area contributed by atoms with Crippen LogP contribution in [0.25, 0.3) is 0 Å². The molecule has 4 heteroatoms. The molecule has 4 nitrogen and oxygen atoms in total. The molecule has 0 amide bonds. The average Bonchev–Trinajstić information content (AvgIpc) is 3.28. The Morgan fingerprint density at radius 2 is 2.13 bits per heavy atom. The highest BCUT2D eigenvalue weighted by Gasteiger charge is 2.59. The molecule has 3 fully saturated rings. The zero-order valence-corrected chi connectivity index (χ0v) is 18.1. The first-order valence-corrected chi connectivity index (χ1v) is 11.8. The van der Waals surface area contributed by atoms with E-state index in [4.69, 9.17) is 9.84 Å². The Kier molecular flexibility index (Phi) is 5.07. The van der Waals surface area contributed by atoms with E-state index in [0.717, 1.165) is 30.7 Å². The van der Waals surface area contributed by atoms with E-state index in [1.807, 2.05) is 0 Å². The van der Waals surface area contributed by atoms with Crippen LogP contribution in [0.3, 0.4) is 0 Å². The van der Waals surface area contributed by atoms with Gasteiger partial charge in [-0.2, -0.15) is 0 Å². The quantitative estimate of drug-likeness (QED) is 0.450. The van der Waals surface area contributed by atoms with Crippen LogP contribution in [0.2, 0.25) is 0 Å². The minimum atomic E-state index is -1.23. The summed E-state index contributed by atoms with van der Waals surface area (Å²) < 4.78 is 4.82. The van der Waals surface area contributed by atoms with Crippen LogP contribution in [0.4, 0.5) is 4.79 Å². The van der Waals surface area contributed by atoms with E-state index in [2.05, 4.69) is 43.1 Å². The Hall–Kier alpha value is -1.97. The van der Waals surface area contributed by atoms with Gasteiger partial charge < -0.3 is 15.2 Å². The fourth-order valence-electron chi connectivity index (χ4n) is 8.15. The van der Waals surface area contributed by atoms with E-state index < -0.39 is 6.16 Å². The van der Waals surface area contributed by atoms with Gasteiger partial charge in [-0.25, -0.2) is 4.79 Å². The predicted molar refractivity (Wildman–Crippen MR) is 117 cm³/mol. The minimum Gasteiger partial charge on any atom is -0.449 e. The summed E-state index contributed by atoms with van der Waals surface area (Å²) in [4.78, 5) is 10.9. The molecule has 1 heterocycles. The lowest BCUT2D eigenvalue weighted by Gasteiger charge is -2.52. The molecular weight excluding hydrogens is 374 g/mol. The number of rotatable bonds is 3. The molecular formula is C26H35NO3. The Bertz CT molecular complexity index is 811. The molecule has 1 saturated heterocycles. The summed E-state index contributed by atoms with van der Waals surface area (Å²) in [6.45, 7) is 7.81. The van der Waals surface area contributed by atoms with Crippen molar-refractivity contribution in [3.8, 4) is 0 Å². The summed E-state index contributed by atoms with van der Waals surface area (Å²) in [7, 11) is 0. The number of allylic oxidation sites excluding steroid dienone is 6. The Morgan fingerprint density at radius 3 is 2.90 bits per heavy atom. The van der Waals surface area contributed by atoms with Crippen LogP contribution in [0.1, 0.15) is 51.9 Å². The highest BCUT2D eigenvalue weighted by molar-refractivity contribution is 5.57. The van der Waals surface area contributed by atoms with E-state index in [-0.39, 0.29) is 5.41 Å². The molecule has 4 aliphatic carbocycles. The third-order valence-corrected chi connectivity index (χ3v) is 9.43. The first-order chi connectivity index (χ1) is 14.5. The molecule has 30 heavy (non-hydrogen) atoms. The van der Waals surface area contributed by atoms with Gasteiger partial charge in [-0.1, -0.05) is 31.7 Å². The van der Waals surface area contributed by atoms with Gasteiger partial charge in [-0.15, -0.1) is 0 Å². The van der Waals surface area contributed by atoms with E-state index in [1.165, 1.54) is 50.5 Å². The molecule has 162 valence electrons. The lowest BCUT2D eigenvalue weighted by molar-refractivity contribution is -0.00104. The Labute approximate surface area is 180 Å². The standard InChI is InChI=1S/C26H35NO3/c1-16-18(10-13-27-16)22-15-24-21-8-7-17-5-3-4-6-19(17)20(21)9-12-26(24,2)23(22)11-14-30-25(28)29/h3,5,7,11,14,18-24,27H,1,4,6,8-10,12-13,15H2,2H3,(H,28,29)/b14-11-/t18?,19-,20+,21+,22+,23+,24-,26+/m0/s1. The van der Waals surface area contributed by atoms with Crippen molar-refractivity contribution >= 4 is 6.16 Å². The number of fused-ring (bicyclic) bond motifs is 5. The summed E-state index contributed by atoms with van der Waals surface area (Å²) in [5.74, 6) is 4.37. The normalized spacial score (nSPS) is 44.8. The molecule has 0 aromatic rings. The maximum atomic E-state index is 10.9. The minimum absolute atomic E-state index is 0.211. The van der Waals surface area contributed by atoms with Crippen molar-refractivity contribution in [1.82, 2.24) is 5.32 Å². The molecule has 0 aromatic carbocycles. The van der Waals surface area contributed by atoms with E-state index >= 15 is 0 Å². The van der Waals surface area contributed by atoms with Crippen molar-refractivity contribution in [2.24, 2.45) is 46.8 Å². The van der Waals surface area contributed by atoms with Gasteiger partial charge in [0, 0.05) is 18.2 Å². The van der Waals surface area contributed by atoms with Gasteiger partial charge in [0.05, 0.1) is 6.26 Å². The number of carbonyl (C=O) groups is 1. The van der Waals surface area contributed by atoms with Crippen LogP contribution in [-0.2, 0) is 4.74 Å². The molecule has 1 unspecified atom stereocenters. The maximum Gasteiger partial charge on any atom is 0.510 e. The van der Waals surface area contributed by atoms with Gasteiger partial charge in [0.1, 0.15) is 0 Å². The second kappa shape index (κ2) is 7.62. The maximum absolute atomic E-state index is 10.9.